The van der Waals surface area contributed by atoms with Crippen molar-refractivity contribution in [3.63, 3.8) is 0 Å². The van der Waals surface area contributed by atoms with Crippen molar-refractivity contribution < 1.29 is 17.9 Å². The predicted octanol–water partition coefficient (Wildman–Crippen LogP) is 2.94. The Hall–Kier alpha value is -1.80. The van der Waals surface area contributed by atoms with Gasteiger partial charge in [-0.2, -0.15) is 0 Å². The fraction of sp³-hybridized carbons (Fsp3) is 0.333. The molecule has 0 spiro atoms. The molecule has 1 atom stereocenters. The molecule has 0 amide bonds. The number of benzene rings is 2. The van der Waals surface area contributed by atoms with Crippen LogP contribution in [0.3, 0.4) is 0 Å². The molecule has 0 aromatic heterocycles. The molecule has 2 rings (SSSR count). The van der Waals surface area contributed by atoms with Gasteiger partial charge in [0.05, 0.1) is 19.2 Å². The molecular formula is C18H23ClN2O4S. The number of sulfonamides is 1. The number of methoxy groups -OCH3 is 2. The third-order valence-corrected chi connectivity index (χ3v) is 5.93. The van der Waals surface area contributed by atoms with E-state index in [0.29, 0.717) is 11.5 Å². The van der Waals surface area contributed by atoms with Gasteiger partial charge in [-0.25, -0.2) is 13.1 Å². The van der Waals surface area contributed by atoms with Gasteiger partial charge in [0.15, 0.2) is 11.5 Å². The molecule has 1 N–H and O–H groups in total. The van der Waals surface area contributed by atoms with E-state index in [-0.39, 0.29) is 22.5 Å². The fourth-order valence-corrected chi connectivity index (χ4v) is 4.14. The lowest BCUT2D eigenvalue weighted by Gasteiger charge is -2.26. The zero-order chi connectivity index (χ0) is 19.3. The Morgan fingerprint density at radius 2 is 1.73 bits per heavy atom. The van der Waals surface area contributed by atoms with E-state index in [0.717, 1.165) is 5.56 Å². The van der Waals surface area contributed by atoms with E-state index in [1.165, 1.54) is 6.07 Å². The van der Waals surface area contributed by atoms with Crippen LogP contribution in [0.4, 0.5) is 0 Å². The molecule has 0 bridgehead atoms. The first-order chi connectivity index (χ1) is 12.3. The highest BCUT2D eigenvalue weighted by Gasteiger charge is 2.22. The Balaban J connectivity index is 2.26. The highest BCUT2D eigenvalue weighted by molar-refractivity contribution is 7.89. The van der Waals surface area contributed by atoms with Crippen LogP contribution in [0, 0.1) is 0 Å². The van der Waals surface area contributed by atoms with Crippen LogP contribution in [0.15, 0.2) is 47.4 Å². The van der Waals surface area contributed by atoms with Gasteiger partial charge in [-0.05, 0) is 43.9 Å². The summed E-state index contributed by atoms with van der Waals surface area (Å²) in [6, 6.07) is 11.7. The lowest BCUT2D eigenvalue weighted by molar-refractivity contribution is 0.297. The van der Waals surface area contributed by atoms with Crippen LogP contribution in [-0.2, 0) is 10.0 Å². The average Bonchev–Trinajstić information content (AvgIpc) is 2.61. The molecule has 0 aliphatic carbocycles. The van der Waals surface area contributed by atoms with Crippen molar-refractivity contribution in [3.8, 4) is 11.5 Å². The average molecular weight is 399 g/mol. The van der Waals surface area contributed by atoms with Crippen LogP contribution >= 0.6 is 11.6 Å². The number of rotatable bonds is 8. The number of likely N-dealkylation sites (N-methyl/N-ethyl adjacent to an activating group) is 1. The summed E-state index contributed by atoms with van der Waals surface area (Å²) in [5.74, 6) is 1.20. The topological polar surface area (TPSA) is 67.9 Å². The minimum Gasteiger partial charge on any atom is -0.493 e. The molecule has 2 aromatic carbocycles. The lowest BCUT2D eigenvalue weighted by atomic mass is 10.1. The summed E-state index contributed by atoms with van der Waals surface area (Å²) in [5.41, 5.74) is 0.898. The number of ether oxygens (including phenoxy) is 2. The summed E-state index contributed by atoms with van der Waals surface area (Å²) in [4.78, 5) is 1.99. The number of hydrogen-bond donors (Lipinski definition) is 1. The second-order valence-electron chi connectivity index (χ2n) is 5.88. The van der Waals surface area contributed by atoms with Gasteiger partial charge in [-0.15, -0.1) is 0 Å². The number of hydrogen-bond acceptors (Lipinski definition) is 5. The standard InChI is InChI=1S/C18H23ClN2O4S/c1-21(2)15(13-9-10-16(24-3)17(11-13)25-4)12-20-26(22,23)18-8-6-5-7-14(18)19/h5-11,15,20H,12H2,1-4H3. The maximum atomic E-state index is 12.6. The van der Waals surface area contributed by atoms with E-state index in [2.05, 4.69) is 4.72 Å². The second kappa shape index (κ2) is 8.73. The number of halogens is 1. The molecule has 0 aliphatic rings. The largest absolute Gasteiger partial charge is 0.493 e. The third-order valence-electron chi connectivity index (χ3n) is 4.01. The molecule has 2 aromatic rings. The molecule has 0 saturated heterocycles. The monoisotopic (exact) mass is 398 g/mol. The SMILES string of the molecule is COc1ccc(C(CNS(=O)(=O)c2ccccc2Cl)N(C)C)cc1OC. The quantitative estimate of drug-likeness (QED) is 0.740. The summed E-state index contributed by atoms with van der Waals surface area (Å²) in [6.07, 6.45) is 0. The van der Waals surface area contributed by atoms with E-state index in [9.17, 15) is 8.42 Å². The van der Waals surface area contributed by atoms with E-state index in [1.807, 2.05) is 31.1 Å². The summed E-state index contributed by atoms with van der Waals surface area (Å²) < 4.78 is 38.4. The molecular weight excluding hydrogens is 376 g/mol. The van der Waals surface area contributed by atoms with Gasteiger partial charge >= 0.3 is 0 Å². The summed E-state index contributed by atoms with van der Waals surface area (Å²) in [5, 5.41) is 0.188. The minimum absolute atomic E-state index is 0.0616. The van der Waals surface area contributed by atoms with Crippen molar-refractivity contribution in [2.45, 2.75) is 10.9 Å². The molecule has 8 heteroatoms. The first-order valence-electron chi connectivity index (χ1n) is 7.92. The predicted molar refractivity (Wildman–Crippen MR) is 103 cm³/mol. The van der Waals surface area contributed by atoms with Gasteiger partial charge in [0.25, 0.3) is 0 Å². The van der Waals surface area contributed by atoms with Crippen LogP contribution < -0.4 is 14.2 Å². The van der Waals surface area contributed by atoms with Crippen molar-refractivity contribution in [2.75, 3.05) is 34.9 Å². The van der Waals surface area contributed by atoms with Crippen molar-refractivity contribution in [1.29, 1.82) is 0 Å². The van der Waals surface area contributed by atoms with Gasteiger partial charge in [0.1, 0.15) is 4.90 Å². The second-order valence-corrected chi connectivity index (χ2v) is 8.02. The Labute approximate surface area is 159 Å². The van der Waals surface area contributed by atoms with E-state index in [1.54, 1.807) is 38.5 Å². The van der Waals surface area contributed by atoms with Crippen LogP contribution in [0.25, 0.3) is 0 Å². The van der Waals surface area contributed by atoms with E-state index in [4.69, 9.17) is 21.1 Å². The molecule has 0 aliphatic heterocycles. The van der Waals surface area contributed by atoms with Gasteiger partial charge < -0.3 is 14.4 Å². The fourth-order valence-electron chi connectivity index (χ4n) is 2.59. The molecule has 0 heterocycles. The smallest absolute Gasteiger partial charge is 0.242 e. The maximum Gasteiger partial charge on any atom is 0.242 e. The molecule has 0 saturated carbocycles. The third kappa shape index (κ3) is 4.67. The van der Waals surface area contributed by atoms with Crippen LogP contribution in [0.5, 0.6) is 11.5 Å². The van der Waals surface area contributed by atoms with Gasteiger partial charge in [0.2, 0.25) is 10.0 Å². The number of nitrogens with zero attached hydrogens (tertiary/aromatic N) is 1. The summed E-state index contributed by atoms with van der Waals surface area (Å²) >= 11 is 6.02. The zero-order valence-corrected chi connectivity index (χ0v) is 16.8. The van der Waals surface area contributed by atoms with Crippen molar-refractivity contribution in [1.82, 2.24) is 9.62 Å². The van der Waals surface area contributed by atoms with E-state index >= 15 is 0 Å². The molecule has 0 radical (unpaired) electrons. The van der Waals surface area contributed by atoms with Crippen molar-refractivity contribution >= 4 is 21.6 Å². The maximum absolute atomic E-state index is 12.6. The molecule has 142 valence electrons. The minimum atomic E-state index is -3.72. The van der Waals surface area contributed by atoms with Gasteiger partial charge in [-0.3, -0.25) is 0 Å². The van der Waals surface area contributed by atoms with Crippen LogP contribution in [-0.4, -0.2) is 48.2 Å². The van der Waals surface area contributed by atoms with Crippen molar-refractivity contribution in [2.24, 2.45) is 0 Å². The molecule has 0 fully saturated rings. The summed E-state index contributed by atoms with van der Waals surface area (Å²) in [7, 11) is 3.17. The molecule has 26 heavy (non-hydrogen) atoms. The Morgan fingerprint density at radius 3 is 2.31 bits per heavy atom. The van der Waals surface area contributed by atoms with Crippen LogP contribution in [0.1, 0.15) is 11.6 Å². The Kier molecular flexibility index (Phi) is 6.88. The van der Waals surface area contributed by atoms with E-state index < -0.39 is 10.0 Å². The first kappa shape index (κ1) is 20.5. The summed E-state index contributed by atoms with van der Waals surface area (Å²) in [6.45, 7) is 0.177. The normalized spacial score (nSPS) is 12.8. The van der Waals surface area contributed by atoms with Crippen LogP contribution in [0.2, 0.25) is 5.02 Å². The van der Waals surface area contributed by atoms with Gasteiger partial charge in [0, 0.05) is 12.6 Å². The highest BCUT2D eigenvalue weighted by Crippen LogP contribution is 2.31. The molecule has 6 nitrogen and oxygen atoms in total. The molecule has 1 unspecified atom stereocenters. The Morgan fingerprint density at radius 1 is 1.08 bits per heavy atom. The highest BCUT2D eigenvalue weighted by atomic mass is 35.5. The lowest BCUT2D eigenvalue weighted by Crippen LogP contribution is -2.34. The van der Waals surface area contributed by atoms with Gasteiger partial charge in [-0.1, -0.05) is 29.8 Å². The van der Waals surface area contributed by atoms with Crippen molar-refractivity contribution in [3.05, 3.63) is 53.1 Å². The Bertz CT molecular complexity index is 856. The number of nitrogens with one attached hydrogen (secondary N) is 1. The first-order valence-corrected chi connectivity index (χ1v) is 9.78. The zero-order valence-electron chi connectivity index (χ0n) is 15.2.